The summed E-state index contributed by atoms with van der Waals surface area (Å²) in [7, 11) is 0. The highest BCUT2D eigenvalue weighted by Crippen LogP contribution is 2.30. The summed E-state index contributed by atoms with van der Waals surface area (Å²) in [6.45, 7) is 1.62. The van der Waals surface area contributed by atoms with Crippen molar-refractivity contribution in [3.63, 3.8) is 0 Å². The second-order valence-corrected chi connectivity index (χ2v) is 3.48. The van der Waals surface area contributed by atoms with E-state index in [0.717, 1.165) is 12.1 Å². The second-order valence-electron chi connectivity index (χ2n) is 3.07. The monoisotopic (exact) mass is 242 g/mol. The zero-order chi connectivity index (χ0) is 12.3. The van der Waals surface area contributed by atoms with E-state index in [2.05, 4.69) is 11.2 Å². The van der Waals surface area contributed by atoms with Gasteiger partial charge in [-0.05, 0) is 6.92 Å². The maximum absolute atomic E-state index is 13.1. The van der Waals surface area contributed by atoms with Gasteiger partial charge in [0.1, 0.15) is 11.5 Å². The smallest absolute Gasteiger partial charge is 0.294 e. The molecule has 0 fully saturated rings. The van der Waals surface area contributed by atoms with Crippen molar-refractivity contribution in [2.75, 3.05) is 5.32 Å². The fraction of sp³-hybridized carbons (Fsp3) is 0.200. The van der Waals surface area contributed by atoms with Crippen molar-refractivity contribution >= 4 is 23.0 Å². The average molecular weight is 243 g/mol. The number of nitro groups is 1. The van der Waals surface area contributed by atoms with Crippen LogP contribution in [0.3, 0.4) is 0 Å². The minimum atomic E-state index is -0.737. The molecule has 4 nitrogen and oxygen atoms in total. The SMILES string of the molecule is C#CC(C)Nc1cc(F)c(Cl)cc1[N+](=O)[O-]. The summed E-state index contributed by atoms with van der Waals surface area (Å²) in [6.07, 6.45) is 5.11. The van der Waals surface area contributed by atoms with Gasteiger partial charge in [-0.3, -0.25) is 10.1 Å². The molecule has 0 heterocycles. The summed E-state index contributed by atoms with van der Waals surface area (Å²) < 4.78 is 13.1. The van der Waals surface area contributed by atoms with Gasteiger partial charge in [-0.2, -0.15) is 0 Å². The number of halogens is 2. The first kappa shape index (κ1) is 12.3. The van der Waals surface area contributed by atoms with Gasteiger partial charge in [-0.25, -0.2) is 4.39 Å². The molecule has 0 saturated heterocycles. The number of nitro benzene ring substituents is 1. The zero-order valence-corrected chi connectivity index (χ0v) is 9.08. The Balaban J connectivity index is 3.21. The molecule has 0 aliphatic carbocycles. The quantitative estimate of drug-likeness (QED) is 0.504. The molecule has 0 saturated carbocycles. The van der Waals surface area contributed by atoms with Gasteiger partial charge in [0.25, 0.3) is 5.69 Å². The summed E-state index contributed by atoms with van der Waals surface area (Å²) in [5.74, 6) is 1.59. The van der Waals surface area contributed by atoms with Gasteiger partial charge in [0.05, 0.1) is 16.0 Å². The van der Waals surface area contributed by atoms with Gasteiger partial charge in [-0.1, -0.05) is 17.5 Å². The van der Waals surface area contributed by atoms with E-state index in [1.807, 2.05) is 0 Å². The summed E-state index contributed by atoms with van der Waals surface area (Å²) in [5, 5.41) is 13.0. The molecule has 0 aliphatic rings. The third kappa shape index (κ3) is 2.61. The van der Waals surface area contributed by atoms with Crippen LogP contribution in [0.15, 0.2) is 12.1 Å². The van der Waals surface area contributed by atoms with E-state index in [1.54, 1.807) is 6.92 Å². The predicted molar refractivity (Wildman–Crippen MR) is 60.0 cm³/mol. The van der Waals surface area contributed by atoms with Crippen LogP contribution < -0.4 is 5.32 Å². The van der Waals surface area contributed by atoms with Crippen LogP contribution in [-0.4, -0.2) is 11.0 Å². The maximum Gasteiger partial charge on any atom is 0.294 e. The number of benzene rings is 1. The minimum Gasteiger partial charge on any atom is -0.366 e. The van der Waals surface area contributed by atoms with Gasteiger partial charge >= 0.3 is 0 Å². The molecule has 0 spiro atoms. The van der Waals surface area contributed by atoms with Crippen LogP contribution in [-0.2, 0) is 0 Å². The van der Waals surface area contributed by atoms with E-state index in [4.69, 9.17) is 18.0 Å². The van der Waals surface area contributed by atoms with Crippen LogP contribution >= 0.6 is 11.6 Å². The molecule has 1 N–H and O–H groups in total. The number of nitrogens with zero attached hydrogens (tertiary/aromatic N) is 1. The first-order chi connectivity index (χ1) is 7.45. The van der Waals surface area contributed by atoms with Gasteiger partial charge < -0.3 is 5.32 Å². The molecule has 1 aromatic rings. The molecule has 6 heteroatoms. The Hall–Kier alpha value is -1.80. The lowest BCUT2D eigenvalue weighted by Gasteiger charge is -2.10. The molecule has 0 aromatic heterocycles. The molecule has 84 valence electrons. The summed E-state index contributed by atoms with van der Waals surface area (Å²) in [5.41, 5.74) is -0.300. The van der Waals surface area contributed by atoms with E-state index in [0.29, 0.717) is 0 Å². The van der Waals surface area contributed by atoms with Gasteiger partial charge in [0.15, 0.2) is 0 Å². The lowest BCUT2D eigenvalue weighted by molar-refractivity contribution is -0.384. The average Bonchev–Trinajstić information content (AvgIpc) is 2.22. The van der Waals surface area contributed by atoms with Gasteiger partial charge in [0, 0.05) is 12.1 Å². The molecule has 0 amide bonds. The predicted octanol–water partition coefficient (Wildman–Crippen LogP) is 2.82. The number of rotatable bonds is 3. The maximum atomic E-state index is 13.1. The number of terminal acetylenes is 1. The highest BCUT2D eigenvalue weighted by atomic mass is 35.5. The van der Waals surface area contributed by atoms with Crippen molar-refractivity contribution in [3.8, 4) is 12.3 Å². The van der Waals surface area contributed by atoms with Gasteiger partial charge in [-0.15, -0.1) is 6.42 Å². The van der Waals surface area contributed by atoms with Crippen molar-refractivity contribution in [1.82, 2.24) is 0 Å². The Kier molecular flexibility index (Phi) is 3.69. The summed E-state index contributed by atoms with van der Waals surface area (Å²) >= 11 is 5.45. The molecular formula is C10H8ClFN2O2. The van der Waals surface area contributed by atoms with Crippen molar-refractivity contribution in [2.24, 2.45) is 0 Å². The zero-order valence-electron chi connectivity index (χ0n) is 8.33. The van der Waals surface area contributed by atoms with E-state index in [-0.39, 0.29) is 16.4 Å². The first-order valence-corrected chi connectivity index (χ1v) is 4.69. The van der Waals surface area contributed by atoms with Crippen LogP contribution in [0.1, 0.15) is 6.92 Å². The van der Waals surface area contributed by atoms with Crippen molar-refractivity contribution in [1.29, 1.82) is 0 Å². The Morgan fingerprint density at radius 1 is 1.69 bits per heavy atom. The first-order valence-electron chi connectivity index (χ1n) is 4.31. The van der Waals surface area contributed by atoms with E-state index in [1.165, 1.54) is 0 Å². The fourth-order valence-corrected chi connectivity index (χ4v) is 1.24. The number of hydrogen-bond acceptors (Lipinski definition) is 3. The Morgan fingerprint density at radius 3 is 2.81 bits per heavy atom. The molecule has 0 radical (unpaired) electrons. The van der Waals surface area contributed by atoms with E-state index in [9.17, 15) is 14.5 Å². The molecule has 1 aromatic carbocycles. The molecular weight excluding hydrogens is 235 g/mol. The highest BCUT2D eigenvalue weighted by Gasteiger charge is 2.18. The minimum absolute atomic E-state index is 0.0114. The number of anilines is 1. The van der Waals surface area contributed by atoms with Crippen LogP contribution in [0.5, 0.6) is 0 Å². The molecule has 16 heavy (non-hydrogen) atoms. The topological polar surface area (TPSA) is 55.2 Å². The van der Waals surface area contributed by atoms with Crippen molar-refractivity contribution < 1.29 is 9.31 Å². The van der Waals surface area contributed by atoms with Crippen LogP contribution in [0.25, 0.3) is 0 Å². The van der Waals surface area contributed by atoms with E-state index < -0.39 is 16.8 Å². The van der Waals surface area contributed by atoms with Crippen LogP contribution in [0.4, 0.5) is 15.8 Å². The van der Waals surface area contributed by atoms with Gasteiger partial charge in [0.2, 0.25) is 0 Å². The standard InChI is InChI=1S/C10H8ClFN2O2/c1-3-6(2)13-9-5-8(12)7(11)4-10(9)14(15)16/h1,4-6,13H,2H3. The summed E-state index contributed by atoms with van der Waals surface area (Å²) in [4.78, 5) is 10.0. The third-order valence-electron chi connectivity index (χ3n) is 1.86. The number of hydrogen-bond donors (Lipinski definition) is 1. The van der Waals surface area contributed by atoms with Crippen LogP contribution in [0.2, 0.25) is 5.02 Å². The van der Waals surface area contributed by atoms with Crippen molar-refractivity contribution in [2.45, 2.75) is 13.0 Å². The third-order valence-corrected chi connectivity index (χ3v) is 2.15. The molecule has 1 rings (SSSR count). The Morgan fingerprint density at radius 2 is 2.31 bits per heavy atom. The molecule has 1 atom stereocenters. The summed E-state index contributed by atoms with van der Waals surface area (Å²) in [6, 6.07) is 1.45. The van der Waals surface area contributed by atoms with E-state index >= 15 is 0 Å². The highest BCUT2D eigenvalue weighted by molar-refractivity contribution is 6.31. The molecule has 1 unspecified atom stereocenters. The Labute approximate surface area is 96.6 Å². The normalized spacial score (nSPS) is 11.6. The van der Waals surface area contributed by atoms with Crippen LogP contribution in [0, 0.1) is 28.3 Å². The number of nitrogens with one attached hydrogen (secondary N) is 1. The molecule has 0 bridgehead atoms. The van der Waals surface area contributed by atoms with Crippen molar-refractivity contribution in [3.05, 3.63) is 33.1 Å². The molecule has 0 aliphatic heterocycles. The Bertz CT molecular complexity index is 471. The fourth-order valence-electron chi connectivity index (χ4n) is 1.08. The largest absolute Gasteiger partial charge is 0.366 e. The lowest BCUT2D eigenvalue weighted by atomic mass is 10.2. The second kappa shape index (κ2) is 4.81. The lowest BCUT2D eigenvalue weighted by Crippen LogP contribution is -2.13.